The van der Waals surface area contributed by atoms with Crippen LogP contribution in [0.5, 0.6) is 5.75 Å². The number of phenolic OH excluding ortho intramolecular Hbond substituents is 1. The van der Waals surface area contributed by atoms with Gasteiger partial charge >= 0.3 is 0 Å². The van der Waals surface area contributed by atoms with Crippen molar-refractivity contribution in [3.63, 3.8) is 0 Å². The molecular formula is C12H14BrNO2. The molecule has 1 aliphatic heterocycles. The Morgan fingerprint density at radius 2 is 2.12 bits per heavy atom. The zero-order chi connectivity index (χ0) is 11.9. The predicted octanol–water partition coefficient (Wildman–Crippen LogP) is 2.51. The number of aromatic hydroxyl groups is 1. The standard InChI is InChI=1S/C12H14BrNO2/c1-7-3-8(2)12(16)10(4-7)14-6-9(13)5-11(14)15/h3-4,9,16H,5-6H2,1-2H3. The van der Waals surface area contributed by atoms with Crippen molar-refractivity contribution in [1.29, 1.82) is 0 Å². The van der Waals surface area contributed by atoms with Gasteiger partial charge in [-0.3, -0.25) is 4.79 Å². The number of phenols is 1. The van der Waals surface area contributed by atoms with E-state index in [2.05, 4.69) is 15.9 Å². The third-order valence-corrected chi connectivity index (χ3v) is 3.41. The van der Waals surface area contributed by atoms with Crippen LogP contribution in [0, 0.1) is 13.8 Å². The molecule has 0 spiro atoms. The number of aryl methyl sites for hydroxylation is 2. The van der Waals surface area contributed by atoms with Crippen LogP contribution >= 0.6 is 15.9 Å². The molecule has 1 N–H and O–H groups in total. The predicted molar refractivity (Wildman–Crippen MR) is 67.3 cm³/mol. The lowest BCUT2D eigenvalue weighted by Crippen LogP contribution is -2.24. The van der Waals surface area contributed by atoms with E-state index in [1.807, 2.05) is 26.0 Å². The lowest BCUT2D eigenvalue weighted by molar-refractivity contribution is -0.117. The first kappa shape index (κ1) is 11.5. The summed E-state index contributed by atoms with van der Waals surface area (Å²) in [5.41, 5.74) is 2.49. The second-order valence-electron chi connectivity index (χ2n) is 4.26. The first-order chi connectivity index (χ1) is 7.49. The van der Waals surface area contributed by atoms with E-state index in [4.69, 9.17) is 0 Å². The molecule has 0 bridgehead atoms. The average molecular weight is 284 g/mol. The van der Waals surface area contributed by atoms with Crippen LogP contribution in [0.1, 0.15) is 17.5 Å². The highest BCUT2D eigenvalue weighted by atomic mass is 79.9. The highest BCUT2D eigenvalue weighted by Crippen LogP contribution is 2.35. The normalized spacial score (nSPS) is 20.6. The summed E-state index contributed by atoms with van der Waals surface area (Å²) in [6.07, 6.45) is 0.492. The Kier molecular flexibility index (Phi) is 2.93. The molecule has 2 rings (SSSR count). The molecule has 1 aromatic carbocycles. The summed E-state index contributed by atoms with van der Waals surface area (Å²) in [5.74, 6) is 0.266. The molecule has 1 saturated heterocycles. The summed E-state index contributed by atoms with van der Waals surface area (Å²) >= 11 is 3.43. The molecular weight excluding hydrogens is 270 g/mol. The van der Waals surface area contributed by atoms with Crippen LogP contribution in [-0.2, 0) is 4.79 Å². The van der Waals surface area contributed by atoms with Crippen LogP contribution in [0.3, 0.4) is 0 Å². The summed E-state index contributed by atoms with van der Waals surface area (Å²) in [7, 11) is 0. The minimum Gasteiger partial charge on any atom is -0.505 e. The van der Waals surface area contributed by atoms with Crippen molar-refractivity contribution in [2.24, 2.45) is 0 Å². The average Bonchev–Trinajstić information content (AvgIpc) is 2.51. The number of nitrogens with zero attached hydrogens (tertiary/aromatic N) is 1. The van der Waals surface area contributed by atoms with E-state index in [9.17, 15) is 9.90 Å². The molecule has 0 aromatic heterocycles. The zero-order valence-electron chi connectivity index (χ0n) is 9.33. The first-order valence-corrected chi connectivity index (χ1v) is 6.15. The van der Waals surface area contributed by atoms with Crippen molar-refractivity contribution in [3.8, 4) is 5.75 Å². The van der Waals surface area contributed by atoms with Crippen molar-refractivity contribution in [2.45, 2.75) is 25.1 Å². The molecule has 1 amide bonds. The maximum atomic E-state index is 11.7. The van der Waals surface area contributed by atoms with Gasteiger partial charge in [-0.1, -0.05) is 22.0 Å². The van der Waals surface area contributed by atoms with E-state index in [-0.39, 0.29) is 16.5 Å². The monoisotopic (exact) mass is 283 g/mol. The number of anilines is 1. The fraction of sp³-hybridized carbons (Fsp3) is 0.417. The van der Waals surface area contributed by atoms with Gasteiger partial charge in [0, 0.05) is 17.8 Å². The minimum absolute atomic E-state index is 0.0576. The summed E-state index contributed by atoms with van der Waals surface area (Å²) in [6.45, 7) is 4.43. The minimum atomic E-state index is 0.0576. The van der Waals surface area contributed by atoms with Crippen molar-refractivity contribution in [3.05, 3.63) is 23.3 Å². The number of alkyl halides is 1. The van der Waals surface area contributed by atoms with Crippen LogP contribution in [0.15, 0.2) is 12.1 Å². The molecule has 86 valence electrons. The van der Waals surface area contributed by atoms with Gasteiger partial charge in [-0.05, 0) is 31.0 Å². The van der Waals surface area contributed by atoms with Crippen LogP contribution in [0.25, 0.3) is 0 Å². The van der Waals surface area contributed by atoms with Gasteiger partial charge in [0.2, 0.25) is 5.91 Å². The quantitative estimate of drug-likeness (QED) is 0.805. The molecule has 0 saturated carbocycles. The second-order valence-corrected chi connectivity index (χ2v) is 5.55. The number of hydrogen-bond donors (Lipinski definition) is 1. The molecule has 3 nitrogen and oxygen atoms in total. The summed E-state index contributed by atoms with van der Waals surface area (Å²) < 4.78 is 0. The van der Waals surface area contributed by atoms with Crippen LogP contribution < -0.4 is 4.90 Å². The van der Waals surface area contributed by atoms with Crippen molar-refractivity contribution in [2.75, 3.05) is 11.4 Å². The zero-order valence-corrected chi connectivity index (χ0v) is 10.9. The highest BCUT2D eigenvalue weighted by Gasteiger charge is 2.30. The topological polar surface area (TPSA) is 40.5 Å². The first-order valence-electron chi connectivity index (χ1n) is 5.23. The third kappa shape index (κ3) is 1.94. The van der Waals surface area contributed by atoms with Gasteiger partial charge in [0.1, 0.15) is 5.75 Å². The second kappa shape index (κ2) is 4.09. The summed E-state index contributed by atoms with van der Waals surface area (Å²) in [6, 6.07) is 3.76. The van der Waals surface area contributed by atoms with Crippen LogP contribution in [0.2, 0.25) is 0 Å². The molecule has 0 radical (unpaired) electrons. The molecule has 1 unspecified atom stereocenters. The molecule has 0 aliphatic carbocycles. The Hall–Kier alpha value is -1.03. The van der Waals surface area contributed by atoms with E-state index in [1.165, 1.54) is 0 Å². The molecule has 1 aliphatic rings. The van der Waals surface area contributed by atoms with Gasteiger partial charge in [0.15, 0.2) is 0 Å². The molecule has 16 heavy (non-hydrogen) atoms. The van der Waals surface area contributed by atoms with Crippen LogP contribution in [-0.4, -0.2) is 22.4 Å². The third-order valence-electron chi connectivity index (χ3n) is 2.79. The molecule has 4 heteroatoms. The largest absolute Gasteiger partial charge is 0.505 e. The Balaban J connectivity index is 2.44. The van der Waals surface area contributed by atoms with Gasteiger partial charge in [-0.2, -0.15) is 0 Å². The number of amides is 1. The fourth-order valence-corrected chi connectivity index (χ4v) is 2.61. The van der Waals surface area contributed by atoms with E-state index < -0.39 is 0 Å². The van der Waals surface area contributed by atoms with Gasteiger partial charge in [0.05, 0.1) is 5.69 Å². The molecule has 1 aromatic rings. The van der Waals surface area contributed by atoms with Gasteiger partial charge < -0.3 is 10.0 Å². The van der Waals surface area contributed by atoms with E-state index in [1.54, 1.807) is 4.90 Å². The van der Waals surface area contributed by atoms with Crippen molar-refractivity contribution >= 4 is 27.5 Å². The number of hydrogen-bond acceptors (Lipinski definition) is 2. The van der Waals surface area contributed by atoms with E-state index >= 15 is 0 Å². The number of carbonyl (C=O) groups excluding carboxylic acids is 1. The highest BCUT2D eigenvalue weighted by molar-refractivity contribution is 9.09. The lowest BCUT2D eigenvalue weighted by Gasteiger charge is -2.19. The smallest absolute Gasteiger partial charge is 0.228 e. The van der Waals surface area contributed by atoms with Crippen LogP contribution in [0.4, 0.5) is 5.69 Å². The Morgan fingerprint density at radius 3 is 2.69 bits per heavy atom. The van der Waals surface area contributed by atoms with Crippen molar-refractivity contribution in [1.82, 2.24) is 0 Å². The lowest BCUT2D eigenvalue weighted by atomic mass is 10.1. The number of benzene rings is 1. The van der Waals surface area contributed by atoms with Gasteiger partial charge in [-0.25, -0.2) is 0 Å². The van der Waals surface area contributed by atoms with Gasteiger partial charge in [-0.15, -0.1) is 0 Å². The SMILES string of the molecule is Cc1cc(C)c(O)c(N2CC(Br)CC2=O)c1. The van der Waals surface area contributed by atoms with Crippen molar-refractivity contribution < 1.29 is 9.90 Å². The van der Waals surface area contributed by atoms with E-state index in [0.717, 1.165) is 11.1 Å². The molecule has 1 fully saturated rings. The Morgan fingerprint density at radius 1 is 1.44 bits per heavy atom. The Labute approximate surface area is 103 Å². The number of carbonyl (C=O) groups is 1. The molecule has 1 atom stereocenters. The summed E-state index contributed by atoms with van der Waals surface area (Å²) in [4.78, 5) is 13.6. The maximum absolute atomic E-state index is 11.7. The Bertz CT molecular complexity index is 445. The van der Waals surface area contributed by atoms with E-state index in [0.29, 0.717) is 18.7 Å². The fourth-order valence-electron chi connectivity index (χ4n) is 2.04. The van der Waals surface area contributed by atoms with Gasteiger partial charge in [0.25, 0.3) is 0 Å². The summed E-state index contributed by atoms with van der Waals surface area (Å²) in [5, 5.41) is 9.98. The maximum Gasteiger partial charge on any atom is 0.228 e. The number of rotatable bonds is 1. The molecule has 1 heterocycles. The number of halogens is 1.